The van der Waals surface area contributed by atoms with E-state index in [9.17, 15) is 4.79 Å². The van der Waals surface area contributed by atoms with Crippen molar-refractivity contribution in [2.75, 3.05) is 18.5 Å². The molecule has 0 aliphatic carbocycles. The molecule has 1 heterocycles. The number of hydrogen-bond acceptors (Lipinski definition) is 3. The predicted octanol–water partition coefficient (Wildman–Crippen LogP) is 4.48. The predicted molar refractivity (Wildman–Crippen MR) is 98.8 cm³/mol. The minimum absolute atomic E-state index is 0.301. The molecule has 0 atom stereocenters. The Hall–Kier alpha value is -2.40. The average molecular weight is 361 g/mol. The number of hydrogen-bond donors (Lipinski definition) is 2. The Kier molecular flexibility index (Phi) is 4.77. The molecule has 0 saturated heterocycles. The smallest absolute Gasteiger partial charge is 0.319 e. The number of benzene rings is 2. The maximum Gasteiger partial charge on any atom is 0.319 e. The van der Waals surface area contributed by atoms with E-state index >= 15 is 0 Å². The summed E-state index contributed by atoms with van der Waals surface area (Å²) >= 11 is 6.10. The molecule has 0 bridgehead atoms. The highest BCUT2D eigenvalue weighted by Crippen LogP contribution is 2.34. The van der Waals surface area contributed by atoms with Crippen LogP contribution < -0.4 is 20.1 Å². The molecule has 1 aliphatic rings. The van der Waals surface area contributed by atoms with Crippen molar-refractivity contribution >= 4 is 23.3 Å². The number of nitrogens with one attached hydrogen (secondary N) is 2. The first-order valence-corrected chi connectivity index (χ1v) is 8.49. The van der Waals surface area contributed by atoms with Crippen LogP contribution in [0.1, 0.15) is 25.0 Å². The van der Waals surface area contributed by atoms with Gasteiger partial charge in [0.2, 0.25) is 0 Å². The first kappa shape index (κ1) is 17.4. The highest BCUT2D eigenvalue weighted by atomic mass is 35.5. The molecule has 0 aromatic heterocycles. The van der Waals surface area contributed by atoms with Crippen LogP contribution in [0, 0.1) is 6.92 Å². The van der Waals surface area contributed by atoms with Crippen LogP contribution in [0.2, 0.25) is 5.02 Å². The SMILES string of the molecule is Cc1c(Cl)cccc1NC(=O)NC(C)(C)c1ccc2c(c1)OCCO2. The number of carbonyl (C=O) groups excluding carboxylic acids is 1. The van der Waals surface area contributed by atoms with E-state index in [4.69, 9.17) is 21.1 Å². The third-order valence-electron chi connectivity index (χ3n) is 4.21. The van der Waals surface area contributed by atoms with Gasteiger partial charge in [0.25, 0.3) is 0 Å². The Morgan fingerprint density at radius 1 is 1.12 bits per heavy atom. The standard InChI is InChI=1S/C19H21ClN2O3/c1-12-14(20)5-4-6-15(12)21-18(23)22-19(2,3)13-7-8-16-17(11-13)25-10-9-24-16/h4-8,11H,9-10H2,1-3H3,(H2,21,22,23). The van der Waals surface area contributed by atoms with Crippen LogP contribution in [-0.2, 0) is 5.54 Å². The second-order valence-corrected chi connectivity index (χ2v) is 6.88. The molecular formula is C19H21ClN2O3. The topological polar surface area (TPSA) is 59.6 Å². The van der Waals surface area contributed by atoms with Gasteiger partial charge >= 0.3 is 6.03 Å². The van der Waals surface area contributed by atoms with Crippen molar-refractivity contribution in [1.29, 1.82) is 0 Å². The lowest BCUT2D eigenvalue weighted by molar-refractivity contribution is 0.171. The normalized spacial score (nSPS) is 13.3. The van der Waals surface area contributed by atoms with Crippen molar-refractivity contribution < 1.29 is 14.3 Å². The van der Waals surface area contributed by atoms with Gasteiger partial charge in [-0.05, 0) is 56.2 Å². The number of rotatable bonds is 3. The van der Waals surface area contributed by atoms with Gasteiger partial charge in [0.15, 0.2) is 11.5 Å². The molecule has 2 aromatic carbocycles. The average Bonchev–Trinajstić information content (AvgIpc) is 2.58. The second-order valence-electron chi connectivity index (χ2n) is 6.47. The first-order valence-electron chi connectivity index (χ1n) is 8.11. The molecular weight excluding hydrogens is 340 g/mol. The fourth-order valence-electron chi connectivity index (χ4n) is 2.68. The molecule has 132 valence electrons. The third kappa shape index (κ3) is 3.82. The fraction of sp³-hybridized carbons (Fsp3) is 0.316. The lowest BCUT2D eigenvalue weighted by atomic mass is 9.94. The zero-order valence-electron chi connectivity index (χ0n) is 14.5. The van der Waals surface area contributed by atoms with Gasteiger partial charge in [-0.3, -0.25) is 0 Å². The Balaban J connectivity index is 1.74. The number of amides is 2. The fourth-order valence-corrected chi connectivity index (χ4v) is 2.86. The van der Waals surface area contributed by atoms with Crippen molar-refractivity contribution in [3.05, 3.63) is 52.5 Å². The van der Waals surface area contributed by atoms with Crippen LogP contribution in [0.25, 0.3) is 0 Å². The molecule has 2 N–H and O–H groups in total. The van der Waals surface area contributed by atoms with Crippen LogP contribution in [0.5, 0.6) is 11.5 Å². The van der Waals surface area contributed by atoms with E-state index in [-0.39, 0.29) is 6.03 Å². The molecule has 0 saturated carbocycles. The maximum atomic E-state index is 12.4. The quantitative estimate of drug-likeness (QED) is 0.848. The highest BCUT2D eigenvalue weighted by Gasteiger charge is 2.25. The Bertz CT molecular complexity index is 805. The van der Waals surface area contributed by atoms with Crippen LogP contribution in [0.3, 0.4) is 0 Å². The van der Waals surface area contributed by atoms with Crippen LogP contribution in [0.15, 0.2) is 36.4 Å². The highest BCUT2D eigenvalue weighted by molar-refractivity contribution is 6.31. The van der Waals surface area contributed by atoms with E-state index in [1.807, 2.05) is 45.0 Å². The summed E-state index contributed by atoms with van der Waals surface area (Å²) in [6.45, 7) is 6.81. The lowest BCUT2D eigenvalue weighted by Crippen LogP contribution is -2.43. The van der Waals surface area contributed by atoms with E-state index in [1.54, 1.807) is 12.1 Å². The number of anilines is 1. The van der Waals surface area contributed by atoms with E-state index in [1.165, 1.54) is 0 Å². The van der Waals surface area contributed by atoms with Gasteiger partial charge in [0, 0.05) is 10.7 Å². The summed E-state index contributed by atoms with van der Waals surface area (Å²) in [5, 5.41) is 6.45. The minimum atomic E-state index is -0.591. The third-order valence-corrected chi connectivity index (χ3v) is 4.62. The summed E-state index contributed by atoms with van der Waals surface area (Å²) < 4.78 is 11.2. The largest absolute Gasteiger partial charge is 0.486 e. The van der Waals surface area contributed by atoms with Gasteiger partial charge in [-0.2, -0.15) is 0 Å². The van der Waals surface area contributed by atoms with Crippen molar-refractivity contribution in [2.24, 2.45) is 0 Å². The summed E-state index contributed by atoms with van der Waals surface area (Å²) in [7, 11) is 0. The second kappa shape index (κ2) is 6.84. The van der Waals surface area contributed by atoms with Crippen molar-refractivity contribution in [3.8, 4) is 11.5 Å². The van der Waals surface area contributed by atoms with E-state index in [0.29, 0.717) is 29.7 Å². The van der Waals surface area contributed by atoms with Crippen molar-refractivity contribution in [3.63, 3.8) is 0 Å². The summed E-state index contributed by atoms with van der Waals surface area (Å²) in [6, 6.07) is 10.8. The van der Waals surface area contributed by atoms with E-state index in [2.05, 4.69) is 10.6 Å². The molecule has 25 heavy (non-hydrogen) atoms. The molecule has 3 rings (SSSR count). The minimum Gasteiger partial charge on any atom is -0.486 e. The zero-order valence-corrected chi connectivity index (χ0v) is 15.2. The Labute approximate surface area is 152 Å². The van der Waals surface area contributed by atoms with Crippen LogP contribution in [0.4, 0.5) is 10.5 Å². The zero-order chi connectivity index (χ0) is 18.0. The summed E-state index contributed by atoms with van der Waals surface area (Å²) in [4.78, 5) is 12.4. The molecule has 5 nitrogen and oxygen atoms in total. The molecule has 2 aromatic rings. The van der Waals surface area contributed by atoms with Gasteiger partial charge in [-0.15, -0.1) is 0 Å². The molecule has 6 heteroatoms. The molecule has 1 aliphatic heterocycles. The molecule has 0 spiro atoms. The Morgan fingerprint density at radius 2 is 1.84 bits per heavy atom. The molecule has 0 unspecified atom stereocenters. The van der Waals surface area contributed by atoms with Crippen LogP contribution >= 0.6 is 11.6 Å². The number of fused-ring (bicyclic) bond motifs is 1. The van der Waals surface area contributed by atoms with Gasteiger partial charge in [0.05, 0.1) is 5.54 Å². The molecule has 2 amide bonds. The van der Waals surface area contributed by atoms with Gasteiger partial charge in [-0.1, -0.05) is 23.7 Å². The number of ether oxygens (including phenoxy) is 2. The van der Waals surface area contributed by atoms with E-state index in [0.717, 1.165) is 16.9 Å². The Morgan fingerprint density at radius 3 is 2.60 bits per heavy atom. The van der Waals surface area contributed by atoms with E-state index < -0.39 is 5.54 Å². The van der Waals surface area contributed by atoms with Crippen molar-refractivity contribution in [2.45, 2.75) is 26.3 Å². The molecule has 0 radical (unpaired) electrons. The monoisotopic (exact) mass is 360 g/mol. The van der Waals surface area contributed by atoms with Gasteiger partial charge < -0.3 is 20.1 Å². The summed E-state index contributed by atoms with van der Waals surface area (Å²) in [5.74, 6) is 1.43. The lowest BCUT2D eigenvalue weighted by Gasteiger charge is -2.29. The molecule has 0 fully saturated rings. The number of carbonyl (C=O) groups is 1. The summed E-state index contributed by atoms with van der Waals surface area (Å²) in [6.07, 6.45) is 0. The van der Waals surface area contributed by atoms with Crippen LogP contribution in [-0.4, -0.2) is 19.2 Å². The van der Waals surface area contributed by atoms with Gasteiger partial charge in [-0.25, -0.2) is 4.79 Å². The maximum absolute atomic E-state index is 12.4. The summed E-state index contributed by atoms with van der Waals surface area (Å²) in [5.41, 5.74) is 1.85. The van der Waals surface area contributed by atoms with Gasteiger partial charge in [0.1, 0.15) is 13.2 Å². The number of urea groups is 1. The number of halogens is 1. The first-order chi connectivity index (χ1) is 11.9. The van der Waals surface area contributed by atoms with Crippen molar-refractivity contribution in [1.82, 2.24) is 5.32 Å².